The molecule has 0 bridgehead atoms. The number of carbonyl (C=O) groups is 1. The molecule has 2 aromatic rings. The maximum absolute atomic E-state index is 12.5. The van der Waals surface area contributed by atoms with E-state index in [1.165, 1.54) is 37.6 Å². The van der Waals surface area contributed by atoms with E-state index in [0.717, 1.165) is 9.18 Å². The molecule has 0 aliphatic heterocycles. The summed E-state index contributed by atoms with van der Waals surface area (Å²) < 4.78 is 31.4. The van der Waals surface area contributed by atoms with E-state index < -0.39 is 10.0 Å². The van der Waals surface area contributed by atoms with Crippen molar-refractivity contribution >= 4 is 39.0 Å². The fourth-order valence-corrected chi connectivity index (χ4v) is 3.66. The largest absolute Gasteiger partial charge is 0.492 e. The fourth-order valence-electron chi connectivity index (χ4n) is 1.99. The van der Waals surface area contributed by atoms with Crippen LogP contribution in [-0.2, 0) is 14.8 Å². The number of carbonyl (C=O) groups excluding carboxylic acids is 1. The van der Waals surface area contributed by atoms with Crippen molar-refractivity contribution in [2.75, 3.05) is 26.0 Å². The maximum Gasteiger partial charge on any atom is 0.248 e. The molecule has 8 heteroatoms. The molecule has 0 atom stereocenters. The Morgan fingerprint density at radius 2 is 2.08 bits per heavy atom. The van der Waals surface area contributed by atoms with Crippen LogP contribution in [0.25, 0.3) is 6.08 Å². The lowest BCUT2D eigenvalue weighted by molar-refractivity contribution is -0.111. The summed E-state index contributed by atoms with van der Waals surface area (Å²) in [7, 11) is -0.806. The second-order valence-corrected chi connectivity index (χ2v) is 8.32. The van der Waals surface area contributed by atoms with E-state index in [4.69, 9.17) is 4.74 Å². The van der Waals surface area contributed by atoms with E-state index in [1.54, 1.807) is 25.1 Å². The van der Waals surface area contributed by atoms with Gasteiger partial charge < -0.3 is 10.1 Å². The normalized spacial score (nSPS) is 11.8. The number of thiophene rings is 1. The number of sulfonamides is 1. The molecule has 0 aliphatic rings. The smallest absolute Gasteiger partial charge is 0.248 e. The number of hydrogen-bond donors (Lipinski definition) is 1. The first-order valence-corrected chi connectivity index (χ1v) is 9.88. The SMILES string of the molecule is CCOc1ccc(NC(=O)/C=C/c2cccs2)cc1S(=O)(=O)N(C)C. The summed E-state index contributed by atoms with van der Waals surface area (Å²) in [4.78, 5) is 13.0. The van der Waals surface area contributed by atoms with Gasteiger partial charge in [0.25, 0.3) is 0 Å². The molecule has 1 aromatic carbocycles. The van der Waals surface area contributed by atoms with Crippen LogP contribution >= 0.6 is 11.3 Å². The van der Waals surface area contributed by atoms with Gasteiger partial charge in [-0.1, -0.05) is 6.07 Å². The van der Waals surface area contributed by atoms with Gasteiger partial charge in [0.1, 0.15) is 10.6 Å². The number of ether oxygens (including phenoxy) is 1. The van der Waals surface area contributed by atoms with Crippen molar-refractivity contribution in [3.63, 3.8) is 0 Å². The molecule has 0 saturated carbocycles. The second-order valence-electron chi connectivity index (χ2n) is 5.22. The summed E-state index contributed by atoms with van der Waals surface area (Å²) in [5, 5.41) is 4.58. The van der Waals surface area contributed by atoms with Gasteiger partial charge in [0, 0.05) is 30.7 Å². The number of nitrogens with one attached hydrogen (secondary N) is 1. The predicted molar refractivity (Wildman–Crippen MR) is 100 cm³/mol. The lowest BCUT2D eigenvalue weighted by atomic mass is 10.3. The number of anilines is 1. The highest BCUT2D eigenvalue weighted by Gasteiger charge is 2.23. The Morgan fingerprint density at radius 3 is 2.68 bits per heavy atom. The number of rotatable bonds is 7. The number of nitrogens with zero attached hydrogens (tertiary/aromatic N) is 1. The van der Waals surface area contributed by atoms with Gasteiger partial charge >= 0.3 is 0 Å². The minimum Gasteiger partial charge on any atom is -0.492 e. The van der Waals surface area contributed by atoms with Crippen molar-refractivity contribution < 1.29 is 17.9 Å². The number of benzene rings is 1. The van der Waals surface area contributed by atoms with Crippen LogP contribution in [0.15, 0.2) is 46.7 Å². The zero-order valence-electron chi connectivity index (χ0n) is 14.2. The van der Waals surface area contributed by atoms with Crippen LogP contribution in [0.3, 0.4) is 0 Å². The van der Waals surface area contributed by atoms with Crippen molar-refractivity contribution in [2.24, 2.45) is 0 Å². The minimum atomic E-state index is -3.70. The van der Waals surface area contributed by atoms with Crippen LogP contribution in [0.5, 0.6) is 5.75 Å². The van der Waals surface area contributed by atoms with E-state index in [0.29, 0.717) is 12.3 Å². The van der Waals surface area contributed by atoms with Crippen molar-refractivity contribution in [3.05, 3.63) is 46.7 Å². The van der Waals surface area contributed by atoms with Crippen LogP contribution < -0.4 is 10.1 Å². The first-order valence-electron chi connectivity index (χ1n) is 7.56. The van der Waals surface area contributed by atoms with Crippen molar-refractivity contribution in [3.8, 4) is 5.75 Å². The molecule has 0 fully saturated rings. The molecular weight excluding hydrogens is 360 g/mol. The van der Waals surface area contributed by atoms with Crippen molar-refractivity contribution in [1.82, 2.24) is 4.31 Å². The van der Waals surface area contributed by atoms with E-state index in [-0.39, 0.29) is 16.6 Å². The van der Waals surface area contributed by atoms with E-state index >= 15 is 0 Å². The third kappa shape index (κ3) is 4.91. The molecule has 6 nitrogen and oxygen atoms in total. The predicted octanol–water partition coefficient (Wildman–Crippen LogP) is 3.05. The molecule has 0 saturated heterocycles. The quantitative estimate of drug-likeness (QED) is 0.749. The molecule has 1 aromatic heterocycles. The average Bonchev–Trinajstić information content (AvgIpc) is 3.08. The zero-order chi connectivity index (χ0) is 18.4. The average molecular weight is 380 g/mol. The highest BCUT2D eigenvalue weighted by Crippen LogP contribution is 2.29. The van der Waals surface area contributed by atoms with Gasteiger partial charge in [0.2, 0.25) is 15.9 Å². The van der Waals surface area contributed by atoms with Gasteiger partial charge in [-0.2, -0.15) is 0 Å². The Morgan fingerprint density at radius 1 is 1.32 bits per heavy atom. The lowest BCUT2D eigenvalue weighted by Gasteiger charge is -2.16. The summed E-state index contributed by atoms with van der Waals surface area (Å²) in [6.45, 7) is 2.11. The molecule has 134 valence electrons. The summed E-state index contributed by atoms with van der Waals surface area (Å²) in [5.74, 6) is -0.0888. The van der Waals surface area contributed by atoms with Gasteiger partial charge in [-0.05, 0) is 42.6 Å². The van der Waals surface area contributed by atoms with Crippen molar-refractivity contribution in [1.29, 1.82) is 0 Å². The molecule has 2 rings (SSSR count). The fraction of sp³-hybridized carbons (Fsp3) is 0.235. The summed E-state index contributed by atoms with van der Waals surface area (Å²) in [6, 6.07) is 8.34. The summed E-state index contributed by atoms with van der Waals surface area (Å²) in [5.41, 5.74) is 0.379. The molecule has 25 heavy (non-hydrogen) atoms. The second kappa shape index (κ2) is 8.28. The number of hydrogen-bond acceptors (Lipinski definition) is 5. The van der Waals surface area contributed by atoms with Gasteiger partial charge in [0.15, 0.2) is 0 Å². The summed E-state index contributed by atoms with van der Waals surface area (Å²) in [6.07, 6.45) is 3.11. The number of amides is 1. The Bertz CT molecular complexity index is 857. The molecule has 1 amide bonds. The van der Waals surface area contributed by atoms with Gasteiger partial charge in [-0.25, -0.2) is 12.7 Å². The van der Waals surface area contributed by atoms with Gasteiger partial charge in [-0.3, -0.25) is 4.79 Å². The van der Waals surface area contributed by atoms with Gasteiger partial charge in [0.05, 0.1) is 6.61 Å². The van der Waals surface area contributed by atoms with E-state index in [9.17, 15) is 13.2 Å². The molecule has 0 spiro atoms. The molecular formula is C17H20N2O4S2. The van der Waals surface area contributed by atoms with Crippen LogP contribution in [0.4, 0.5) is 5.69 Å². The third-order valence-corrected chi connectivity index (χ3v) is 5.89. The van der Waals surface area contributed by atoms with Crippen LogP contribution in [0.2, 0.25) is 0 Å². The van der Waals surface area contributed by atoms with Crippen LogP contribution in [0, 0.1) is 0 Å². The van der Waals surface area contributed by atoms with E-state index in [2.05, 4.69) is 5.32 Å². The molecule has 0 unspecified atom stereocenters. The lowest BCUT2D eigenvalue weighted by Crippen LogP contribution is -2.23. The first-order chi connectivity index (χ1) is 11.8. The maximum atomic E-state index is 12.5. The molecule has 0 aliphatic carbocycles. The summed E-state index contributed by atoms with van der Waals surface area (Å²) >= 11 is 1.52. The molecule has 1 N–H and O–H groups in total. The zero-order valence-corrected chi connectivity index (χ0v) is 15.9. The Balaban J connectivity index is 2.26. The van der Waals surface area contributed by atoms with E-state index in [1.807, 2.05) is 17.5 Å². The molecule has 1 heterocycles. The molecule has 0 radical (unpaired) electrons. The topological polar surface area (TPSA) is 75.7 Å². The standard InChI is InChI=1S/C17H20N2O4S2/c1-4-23-15-9-7-13(12-16(15)25(21,22)19(2)3)18-17(20)10-8-14-6-5-11-24-14/h5-12H,4H2,1-3H3,(H,18,20)/b10-8+. The Hall–Kier alpha value is -2.16. The van der Waals surface area contributed by atoms with Gasteiger partial charge in [-0.15, -0.1) is 11.3 Å². The Kier molecular flexibility index (Phi) is 6.35. The van der Waals surface area contributed by atoms with Crippen LogP contribution in [-0.4, -0.2) is 39.3 Å². The highest BCUT2D eigenvalue weighted by molar-refractivity contribution is 7.89. The van der Waals surface area contributed by atoms with Crippen molar-refractivity contribution in [2.45, 2.75) is 11.8 Å². The minimum absolute atomic E-state index is 0.0133. The first kappa shape index (κ1) is 19.2. The monoisotopic (exact) mass is 380 g/mol. The third-order valence-electron chi connectivity index (χ3n) is 3.21. The van der Waals surface area contributed by atoms with Crippen LogP contribution in [0.1, 0.15) is 11.8 Å². The Labute approximate surface area is 151 Å². The highest BCUT2D eigenvalue weighted by atomic mass is 32.2.